The molecular formula is C20H8F11NO2S. The number of primary sulfonamides is 1. The molecule has 0 amide bonds. The summed E-state index contributed by atoms with van der Waals surface area (Å²) in [5.41, 5.74) is -10.2. The van der Waals surface area contributed by atoms with Gasteiger partial charge < -0.3 is 0 Å². The lowest BCUT2D eigenvalue weighted by atomic mass is 9.90. The molecule has 0 aromatic heterocycles. The van der Waals surface area contributed by atoms with E-state index in [0.29, 0.717) is 24.3 Å². The lowest BCUT2D eigenvalue weighted by Gasteiger charge is -2.19. The zero-order valence-corrected chi connectivity index (χ0v) is 17.2. The van der Waals surface area contributed by atoms with Gasteiger partial charge in [0.15, 0.2) is 23.3 Å². The molecule has 188 valence electrons. The van der Waals surface area contributed by atoms with Crippen LogP contribution in [-0.2, 0) is 22.4 Å². The van der Waals surface area contributed by atoms with E-state index in [2.05, 4.69) is 0 Å². The molecule has 3 aromatic carbocycles. The van der Waals surface area contributed by atoms with Crippen molar-refractivity contribution in [1.82, 2.24) is 0 Å². The predicted molar refractivity (Wildman–Crippen MR) is 98.5 cm³/mol. The number of sulfonamides is 1. The fourth-order valence-corrected chi connectivity index (χ4v) is 3.68. The van der Waals surface area contributed by atoms with E-state index in [4.69, 9.17) is 5.14 Å². The maximum Gasteiger partial charge on any atom is 0.419 e. The summed E-state index contributed by atoms with van der Waals surface area (Å²) >= 11 is 0. The molecule has 15 heteroatoms. The molecule has 0 saturated heterocycles. The Kier molecular flexibility index (Phi) is 6.40. The Morgan fingerprint density at radius 1 is 0.571 bits per heavy atom. The first kappa shape index (κ1) is 26.4. The average Bonchev–Trinajstić information content (AvgIpc) is 2.73. The summed E-state index contributed by atoms with van der Waals surface area (Å²) in [6.45, 7) is 0. The zero-order valence-electron chi connectivity index (χ0n) is 16.4. The van der Waals surface area contributed by atoms with Crippen LogP contribution in [0.1, 0.15) is 11.1 Å². The molecule has 2 N–H and O–H groups in total. The second-order valence-electron chi connectivity index (χ2n) is 6.96. The van der Waals surface area contributed by atoms with Gasteiger partial charge in [0, 0.05) is 11.1 Å². The van der Waals surface area contributed by atoms with Crippen molar-refractivity contribution < 1.29 is 56.7 Å². The predicted octanol–water partition coefficient (Wildman–Crippen LogP) is 6.40. The van der Waals surface area contributed by atoms with Crippen LogP contribution in [0, 0.1) is 29.1 Å². The molecule has 0 aliphatic carbocycles. The Bertz CT molecular complexity index is 1390. The van der Waals surface area contributed by atoms with Crippen LogP contribution in [0.3, 0.4) is 0 Å². The number of rotatable bonds is 3. The normalized spacial score (nSPS) is 12.8. The first-order valence-electron chi connectivity index (χ1n) is 8.83. The van der Waals surface area contributed by atoms with Crippen LogP contribution < -0.4 is 5.14 Å². The molecule has 0 heterocycles. The Morgan fingerprint density at radius 2 is 0.943 bits per heavy atom. The summed E-state index contributed by atoms with van der Waals surface area (Å²) in [4.78, 5) is -0.605. The van der Waals surface area contributed by atoms with E-state index in [1.165, 1.54) is 0 Å². The van der Waals surface area contributed by atoms with Crippen LogP contribution in [0.15, 0.2) is 41.3 Å². The maximum absolute atomic E-state index is 14.7. The monoisotopic (exact) mass is 535 g/mol. The van der Waals surface area contributed by atoms with Gasteiger partial charge in [-0.1, -0.05) is 12.1 Å². The standard InChI is InChI=1S/C20H8F11NO2S/c21-14-10(19(26,27)28)5-8(6-11(14)20(29,30)31)13-12(15(22)17(24)18(25)16(13)23)7-1-3-9(4-2-7)35(32,33)34/h1-6H,(H2,32,33,34). The quantitative estimate of drug-likeness (QED) is 0.240. The zero-order chi connectivity index (χ0) is 26.7. The van der Waals surface area contributed by atoms with Gasteiger partial charge in [0.2, 0.25) is 10.0 Å². The van der Waals surface area contributed by atoms with Crippen LogP contribution in [0.2, 0.25) is 0 Å². The molecule has 0 fully saturated rings. The van der Waals surface area contributed by atoms with Gasteiger partial charge in [-0.25, -0.2) is 35.5 Å². The summed E-state index contributed by atoms with van der Waals surface area (Å²) < 4.78 is 174. The first-order valence-corrected chi connectivity index (χ1v) is 10.4. The van der Waals surface area contributed by atoms with Crippen molar-refractivity contribution in [2.45, 2.75) is 17.2 Å². The third-order valence-corrected chi connectivity index (χ3v) is 5.64. The number of alkyl halides is 6. The third-order valence-electron chi connectivity index (χ3n) is 4.71. The smallest absolute Gasteiger partial charge is 0.225 e. The molecule has 0 aliphatic rings. The summed E-state index contributed by atoms with van der Waals surface area (Å²) in [6, 6.07) is 2.03. The number of halogens is 11. The molecule has 0 aliphatic heterocycles. The van der Waals surface area contributed by atoms with Gasteiger partial charge >= 0.3 is 12.4 Å². The van der Waals surface area contributed by atoms with E-state index >= 15 is 0 Å². The minimum atomic E-state index is -5.76. The Morgan fingerprint density at radius 3 is 1.29 bits per heavy atom. The molecule has 0 radical (unpaired) electrons. The number of nitrogens with two attached hydrogens (primary N) is 1. The molecule has 3 aromatic rings. The average molecular weight is 535 g/mol. The van der Waals surface area contributed by atoms with Crippen LogP contribution in [0.25, 0.3) is 22.3 Å². The third kappa shape index (κ3) is 4.82. The fourth-order valence-electron chi connectivity index (χ4n) is 3.17. The minimum absolute atomic E-state index is 0.331. The highest BCUT2D eigenvalue weighted by atomic mass is 32.2. The molecule has 35 heavy (non-hydrogen) atoms. The largest absolute Gasteiger partial charge is 0.419 e. The van der Waals surface area contributed by atoms with Crippen molar-refractivity contribution >= 4 is 10.0 Å². The van der Waals surface area contributed by atoms with E-state index < -0.39 is 89.7 Å². The van der Waals surface area contributed by atoms with Crippen molar-refractivity contribution in [3.63, 3.8) is 0 Å². The summed E-state index contributed by atoms with van der Waals surface area (Å²) in [5.74, 6) is -12.4. The lowest BCUT2D eigenvalue weighted by Crippen LogP contribution is -2.16. The van der Waals surface area contributed by atoms with Gasteiger partial charge in [-0.3, -0.25) is 0 Å². The maximum atomic E-state index is 14.7. The summed E-state index contributed by atoms with van der Waals surface area (Å²) in [6.07, 6.45) is -11.5. The SMILES string of the molecule is NS(=O)(=O)c1ccc(-c2c(F)c(F)c(F)c(F)c2-c2cc(C(F)(F)F)c(F)c(C(F)(F)F)c2)cc1. The van der Waals surface area contributed by atoms with Crippen molar-refractivity contribution in [3.05, 3.63) is 76.6 Å². The van der Waals surface area contributed by atoms with E-state index in [0.717, 1.165) is 0 Å². The minimum Gasteiger partial charge on any atom is -0.225 e. The number of benzene rings is 3. The second kappa shape index (κ2) is 8.48. The van der Waals surface area contributed by atoms with Crippen molar-refractivity contribution in [2.75, 3.05) is 0 Å². The van der Waals surface area contributed by atoms with Gasteiger partial charge in [0.1, 0.15) is 5.82 Å². The molecule has 0 bridgehead atoms. The van der Waals surface area contributed by atoms with Crippen molar-refractivity contribution in [2.24, 2.45) is 5.14 Å². The topological polar surface area (TPSA) is 60.2 Å². The summed E-state index contributed by atoms with van der Waals surface area (Å²) in [7, 11) is -4.34. The summed E-state index contributed by atoms with van der Waals surface area (Å²) in [5, 5.41) is 4.87. The van der Waals surface area contributed by atoms with Gasteiger partial charge in [-0.15, -0.1) is 0 Å². The Hall–Kier alpha value is -3.20. The number of hydrogen-bond acceptors (Lipinski definition) is 2. The van der Waals surface area contributed by atoms with Gasteiger partial charge in [-0.2, -0.15) is 26.3 Å². The lowest BCUT2D eigenvalue weighted by molar-refractivity contribution is -0.147. The van der Waals surface area contributed by atoms with Crippen LogP contribution in [0.5, 0.6) is 0 Å². The van der Waals surface area contributed by atoms with Crippen LogP contribution in [-0.4, -0.2) is 8.42 Å². The van der Waals surface area contributed by atoms with Gasteiger partial charge in [0.25, 0.3) is 0 Å². The van der Waals surface area contributed by atoms with E-state index in [-0.39, 0.29) is 12.1 Å². The van der Waals surface area contributed by atoms with Crippen LogP contribution >= 0.6 is 0 Å². The fraction of sp³-hybridized carbons (Fsp3) is 0.100. The molecule has 0 saturated carbocycles. The van der Waals surface area contributed by atoms with Gasteiger partial charge in [-0.05, 0) is 35.4 Å². The highest BCUT2D eigenvalue weighted by molar-refractivity contribution is 7.89. The Labute approximate surface area is 188 Å². The van der Waals surface area contributed by atoms with Crippen molar-refractivity contribution in [1.29, 1.82) is 0 Å². The van der Waals surface area contributed by atoms with Gasteiger partial charge in [0.05, 0.1) is 16.0 Å². The first-order chi connectivity index (χ1) is 15.9. The molecule has 3 nitrogen and oxygen atoms in total. The van der Waals surface area contributed by atoms with Crippen LogP contribution in [0.4, 0.5) is 48.3 Å². The molecule has 0 spiro atoms. The highest BCUT2D eigenvalue weighted by Crippen LogP contribution is 2.45. The van der Waals surface area contributed by atoms with E-state index in [1.54, 1.807) is 0 Å². The Balaban J connectivity index is 2.49. The van der Waals surface area contributed by atoms with Crippen molar-refractivity contribution in [3.8, 4) is 22.3 Å². The molecular weight excluding hydrogens is 527 g/mol. The van der Waals surface area contributed by atoms with E-state index in [1.807, 2.05) is 0 Å². The molecule has 0 atom stereocenters. The number of hydrogen-bond donors (Lipinski definition) is 1. The molecule has 3 rings (SSSR count). The molecule has 0 unspecified atom stereocenters. The highest BCUT2D eigenvalue weighted by Gasteiger charge is 2.43. The van der Waals surface area contributed by atoms with E-state index in [9.17, 15) is 56.7 Å². The second-order valence-corrected chi connectivity index (χ2v) is 8.52.